The lowest BCUT2D eigenvalue weighted by atomic mass is 9.99. The molecule has 0 spiro atoms. The molecule has 1 fully saturated rings. The van der Waals surface area contributed by atoms with E-state index in [1.807, 2.05) is 6.07 Å². The van der Waals surface area contributed by atoms with Crippen molar-refractivity contribution >= 4 is 12.4 Å². The van der Waals surface area contributed by atoms with E-state index in [0.29, 0.717) is 0 Å². The molecular formula is C16H18ClN. The van der Waals surface area contributed by atoms with Crippen molar-refractivity contribution in [1.82, 2.24) is 0 Å². The summed E-state index contributed by atoms with van der Waals surface area (Å²) < 4.78 is 0. The van der Waals surface area contributed by atoms with E-state index in [2.05, 4.69) is 48.5 Å². The van der Waals surface area contributed by atoms with Crippen LogP contribution >= 0.6 is 12.4 Å². The van der Waals surface area contributed by atoms with Crippen molar-refractivity contribution in [3.8, 4) is 11.1 Å². The topological polar surface area (TPSA) is 26.0 Å². The molecule has 0 radical (unpaired) electrons. The normalized spacial score (nSPS) is 15.8. The summed E-state index contributed by atoms with van der Waals surface area (Å²) in [6, 6.07) is 19.4. The Hall–Kier alpha value is -1.31. The number of benzene rings is 2. The average Bonchev–Trinajstić information content (AvgIpc) is 3.24. The van der Waals surface area contributed by atoms with E-state index >= 15 is 0 Å². The zero-order valence-corrected chi connectivity index (χ0v) is 11.1. The molecule has 0 unspecified atom stereocenters. The zero-order valence-electron chi connectivity index (χ0n) is 10.3. The number of rotatable bonds is 3. The van der Waals surface area contributed by atoms with Gasteiger partial charge in [-0.05, 0) is 35.4 Å². The van der Waals surface area contributed by atoms with Crippen LogP contribution in [0.5, 0.6) is 0 Å². The van der Waals surface area contributed by atoms with Crippen LogP contribution in [0.15, 0.2) is 54.6 Å². The molecule has 2 aromatic carbocycles. The highest BCUT2D eigenvalue weighted by Crippen LogP contribution is 2.39. The van der Waals surface area contributed by atoms with E-state index in [0.717, 1.165) is 5.92 Å². The fourth-order valence-electron chi connectivity index (χ4n) is 2.26. The zero-order chi connectivity index (χ0) is 11.7. The molecule has 1 atom stereocenters. The van der Waals surface area contributed by atoms with Crippen molar-refractivity contribution in [3.63, 3.8) is 0 Å². The number of nitrogens with two attached hydrogens (primary N) is 1. The molecule has 0 aliphatic heterocycles. The van der Waals surface area contributed by atoms with Crippen LogP contribution < -0.4 is 5.73 Å². The molecule has 1 nitrogen and oxygen atoms in total. The highest BCUT2D eigenvalue weighted by molar-refractivity contribution is 5.85. The van der Waals surface area contributed by atoms with Crippen LogP contribution in [0.3, 0.4) is 0 Å². The largest absolute Gasteiger partial charge is 0.324 e. The Morgan fingerprint density at radius 2 is 1.39 bits per heavy atom. The molecule has 2 aromatic rings. The summed E-state index contributed by atoms with van der Waals surface area (Å²) in [7, 11) is 0. The maximum atomic E-state index is 6.19. The highest BCUT2D eigenvalue weighted by Gasteiger charge is 2.29. The monoisotopic (exact) mass is 259 g/mol. The Bertz CT molecular complexity index is 488. The maximum Gasteiger partial charge on any atom is 0.0323 e. The fraction of sp³-hybridized carbons (Fsp3) is 0.250. The number of hydrogen-bond donors (Lipinski definition) is 1. The lowest BCUT2D eigenvalue weighted by Crippen LogP contribution is -2.11. The molecule has 18 heavy (non-hydrogen) atoms. The average molecular weight is 260 g/mol. The molecule has 1 aliphatic carbocycles. The lowest BCUT2D eigenvalue weighted by Gasteiger charge is -2.11. The van der Waals surface area contributed by atoms with E-state index in [9.17, 15) is 0 Å². The van der Waals surface area contributed by atoms with E-state index in [1.54, 1.807) is 0 Å². The minimum Gasteiger partial charge on any atom is -0.324 e. The Labute approximate surface area is 114 Å². The number of hydrogen-bond acceptors (Lipinski definition) is 1. The van der Waals surface area contributed by atoms with Gasteiger partial charge in [0, 0.05) is 6.04 Å². The van der Waals surface area contributed by atoms with Crippen LogP contribution in [0.1, 0.15) is 24.4 Å². The second-order valence-electron chi connectivity index (χ2n) is 4.85. The van der Waals surface area contributed by atoms with Gasteiger partial charge in [0.05, 0.1) is 0 Å². The van der Waals surface area contributed by atoms with Gasteiger partial charge in [-0.15, -0.1) is 12.4 Å². The second-order valence-corrected chi connectivity index (χ2v) is 4.85. The fourth-order valence-corrected chi connectivity index (χ4v) is 2.26. The summed E-state index contributed by atoms with van der Waals surface area (Å²) >= 11 is 0. The predicted molar refractivity (Wildman–Crippen MR) is 78.8 cm³/mol. The third-order valence-corrected chi connectivity index (χ3v) is 3.53. The standard InChI is InChI=1S/C16H17N.ClH/c17-16(15-10-11-15)14-8-6-13(7-9-14)12-4-2-1-3-5-12;/h1-9,15-16H,10-11,17H2;1H/t16-;/m0./s1. The molecular weight excluding hydrogens is 242 g/mol. The summed E-state index contributed by atoms with van der Waals surface area (Å²) in [5.41, 5.74) is 9.98. The number of halogens is 1. The minimum atomic E-state index is 0. The van der Waals surface area contributed by atoms with Crippen molar-refractivity contribution in [2.75, 3.05) is 0 Å². The Morgan fingerprint density at radius 1 is 0.833 bits per heavy atom. The maximum absolute atomic E-state index is 6.19. The van der Waals surface area contributed by atoms with Crippen molar-refractivity contribution in [3.05, 3.63) is 60.2 Å². The highest BCUT2D eigenvalue weighted by atomic mass is 35.5. The van der Waals surface area contributed by atoms with E-state index < -0.39 is 0 Å². The summed E-state index contributed by atoms with van der Waals surface area (Å²) in [5, 5.41) is 0. The van der Waals surface area contributed by atoms with Crippen molar-refractivity contribution in [1.29, 1.82) is 0 Å². The van der Waals surface area contributed by atoms with Gasteiger partial charge < -0.3 is 5.73 Å². The van der Waals surface area contributed by atoms with E-state index in [-0.39, 0.29) is 18.4 Å². The third kappa shape index (κ3) is 2.74. The summed E-state index contributed by atoms with van der Waals surface area (Å²) in [5.74, 6) is 0.720. The first-order chi connectivity index (χ1) is 8.34. The van der Waals surface area contributed by atoms with Gasteiger partial charge >= 0.3 is 0 Å². The Morgan fingerprint density at radius 3 is 1.94 bits per heavy atom. The molecule has 1 aliphatic rings. The molecule has 94 valence electrons. The first-order valence-electron chi connectivity index (χ1n) is 6.25. The van der Waals surface area contributed by atoms with Crippen LogP contribution in [-0.2, 0) is 0 Å². The Balaban J connectivity index is 0.00000120. The molecule has 1 saturated carbocycles. The van der Waals surface area contributed by atoms with Crippen molar-refractivity contribution in [2.24, 2.45) is 11.7 Å². The van der Waals surface area contributed by atoms with Crippen molar-refractivity contribution in [2.45, 2.75) is 18.9 Å². The molecule has 0 aromatic heterocycles. The molecule has 0 bridgehead atoms. The summed E-state index contributed by atoms with van der Waals surface area (Å²) in [6.45, 7) is 0. The Kier molecular flexibility index (Phi) is 4.05. The third-order valence-electron chi connectivity index (χ3n) is 3.53. The van der Waals surface area contributed by atoms with Gasteiger partial charge in [-0.2, -0.15) is 0 Å². The first kappa shape index (κ1) is 13.1. The second kappa shape index (κ2) is 5.55. The van der Waals surface area contributed by atoms with E-state index in [1.165, 1.54) is 29.5 Å². The van der Waals surface area contributed by atoms with Gasteiger partial charge in [-0.3, -0.25) is 0 Å². The molecule has 2 heteroatoms. The van der Waals surface area contributed by atoms with Gasteiger partial charge in [0.2, 0.25) is 0 Å². The van der Waals surface area contributed by atoms with Crippen LogP contribution in [0.25, 0.3) is 11.1 Å². The molecule has 3 rings (SSSR count). The SMILES string of the molecule is Cl.N[C@@H](c1ccc(-c2ccccc2)cc1)C1CC1. The lowest BCUT2D eigenvalue weighted by molar-refractivity contribution is 0.633. The van der Waals surface area contributed by atoms with Gasteiger partial charge in [0.1, 0.15) is 0 Å². The van der Waals surface area contributed by atoms with Crippen LogP contribution in [-0.4, -0.2) is 0 Å². The predicted octanol–water partition coefficient (Wildman–Crippen LogP) is 4.19. The van der Waals surface area contributed by atoms with Gasteiger partial charge in [-0.1, -0.05) is 54.6 Å². The van der Waals surface area contributed by atoms with Gasteiger partial charge in [0.15, 0.2) is 0 Å². The van der Waals surface area contributed by atoms with Crippen LogP contribution in [0.2, 0.25) is 0 Å². The smallest absolute Gasteiger partial charge is 0.0323 e. The molecule has 0 heterocycles. The van der Waals surface area contributed by atoms with E-state index in [4.69, 9.17) is 5.73 Å². The van der Waals surface area contributed by atoms with Gasteiger partial charge in [-0.25, -0.2) is 0 Å². The molecule has 2 N–H and O–H groups in total. The van der Waals surface area contributed by atoms with Crippen LogP contribution in [0.4, 0.5) is 0 Å². The molecule has 0 saturated heterocycles. The first-order valence-corrected chi connectivity index (χ1v) is 6.25. The quantitative estimate of drug-likeness (QED) is 0.879. The summed E-state index contributed by atoms with van der Waals surface area (Å²) in [4.78, 5) is 0. The minimum absolute atomic E-state index is 0. The summed E-state index contributed by atoms with van der Waals surface area (Å²) in [6.07, 6.45) is 2.59. The van der Waals surface area contributed by atoms with Gasteiger partial charge in [0.25, 0.3) is 0 Å². The molecule has 0 amide bonds. The van der Waals surface area contributed by atoms with Crippen molar-refractivity contribution < 1.29 is 0 Å². The van der Waals surface area contributed by atoms with Crippen LogP contribution in [0, 0.1) is 5.92 Å².